The van der Waals surface area contributed by atoms with E-state index < -0.39 is 13.9 Å². The summed E-state index contributed by atoms with van der Waals surface area (Å²) < 4.78 is 33.2. The Bertz CT molecular complexity index is 929. The van der Waals surface area contributed by atoms with Crippen LogP contribution in [0.5, 0.6) is 5.75 Å². The van der Waals surface area contributed by atoms with Gasteiger partial charge in [-0.1, -0.05) is 30.3 Å². The van der Waals surface area contributed by atoms with E-state index in [1.807, 2.05) is 30.3 Å². The molecule has 0 amide bonds. The number of hydrogen-bond donors (Lipinski definition) is 3. The highest BCUT2D eigenvalue weighted by Crippen LogP contribution is 2.40. The maximum atomic E-state index is 11.9. The van der Waals surface area contributed by atoms with Crippen molar-refractivity contribution in [3.05, 3.63) is 64.7 Å². The van der Waals surface area contributed by atoms with Gasteiger partial charge < -0.3 is 28.7 Å². The van der Waals surface area contributed by atoms with Crippen molar-refractivity contribution in [2.75, 3.05) is 34.0 Å². The van der Waals surface area contributed by atoms with Crippen LogP contribution in [0.25, 0.3) is 0 Å². The normalized spacial score (nSPS) is 21.2. The van der Waals surface area contributed by atoms with E-state index >= 15 is 0 Å². The number of hydrogen-bond acceptors (Lipinski definition) is 7. The minimum absolute atomic E-state index is 0.0885. The van der Waals surface area contributed by atoms with Crippen LogP contribution in [0.15, 0.2) is 42.5 Å². The molecule has 2 aromatic carbocycles. The Morgan fingerprint density at radius 2 is 1.85 bits per heavy atom. The summed E-state index contributed by atoms with van der Waals surface area (Å²) in [5.74, 6) is 0.718. The molecular weight excluding hydrogens is 445 g/mol. The Morgan fingerprint density at radius 1 is 1.12 bits per heavy atom. The minimum atomic E-state index is -3.24. The molecule has 1 aliphatic heterocycles. The first-order valence-corrected chi connectivity index (χ1v) is 12.6. The van der Waals surface area contributed by atoms with Gasteiger partial charge >= 0.3 is 7.75 Å². The molecule has 1 aliphatic rings. The number of benzene rings is 2. The zero-order valence-corrected chi connectivity index (χ0v) is 20.3. The Balaban J connectivity index is 1.58. The van der Waals surface area contributed by atoms with Gasteiger partial charge in [0.15, 0.2) is 0 Å². The lowest BCUT2D eigenvalue weighted by atomic mass is 9.92. The molecular formula is C24H34NO7P. The van der Waals surface area contributed by atoms with E-state index in [0.29, 0.717) is 26.0 Å². The van der Waals surface area contributed by atoms with Gasteiger partial charge in [0.05, 0.1) is 24.9 Å². The molecule has 8 nitrogen and oxygen atoms in total. The molecule has 0 saturated carbocycles. The Hall–Kier alpha value is -1.77. The third-order valence-electron chi connectivity index (χ3n) is 5.80. The van der Waals surface area contributed by atoms with Gasteiger partial charge in [-0.2, -0.15) is 0 Å². The maximum Gasteiger partial charge on any atom is 0.405 e. The molecule has 0 bridgehead atoms. The smallest absolute Gasteiger partial charge is 0.405 e. The number of aryl methyl sites for hydroxylation is 1. The van der Waals surface area contributed by atoms with E-state index in [-0.39, 0.29) is 18.8 Å². The summed E-state index contributed by atoms with van der Waals surface area (Å²) in [5.41, 5.74) is 4.52. The molecule has 1 heterocycles. The van der Waals surface area contributed by atoms with Crippen molar-refractivity contribution in [1.29, 1.82) is 0 Å². The molecule has 182 valence electrons. The molecule has 3 unspecified atom stereocenters. The Morgan fingerprint density at radius 3 is 2.52 bits per heavy atom. The van der Waals surface area contributed by atoms with Crippen LogP contribution in [0.2, 0.25) is 0 Å². The zero-order valence-electron chi connectivity index (χ0n) is 19.4. The average molecular weight is 480 g/mol. The third-order valence-corrected chi connectivity index (χ3v) is 7.37. The minimum Gasteiger partial charge on any atom is -0.492 e. The van der Waals surface area contributed by atoms with E-state index in [0.717, 1.165) is 23.3 Å². The first-order chi connectivity index (χ1) is 15.9. The second-order valence-electron chi connectivity index (χ2n) is 8.18. The van der Waals surface area contributed by atoms with Crippen molar-refractivity contribution in [3.63, 3.8) is 0 Å². The van der Waals surface area contributed by atoms with Crippen molar-refractivity contribution in [1.82, 2.24) is 5.09 Å². The van der Waals surface area contributed by atoms with Crippen LogP contribution < -0.4 is 9.82 Å². The molecule has 0 radical (unpaired) electrons. The van der Waals surface area contributed by atoms with E-state index in [2.05, 4.69) is 24.1 Å². The predicted octanol–water partition coefficient (Wildman–Crippen LogP) is 3.53. The summed E-state index contributed by atoms with van der Waals surface area (Å²) in [6.45, 7) is 2.63. The number of aliphatic hydroxyl groups excluding tert-OH is 2. The Kier molecular flexibility index (Phi) is 9.47. The second-order valence-corrected chi connectivity index (χ2v) is 10.2. The summed E-state index contributed by atoms with van der Waals surface area (Å²) >= 11 is 0. The molecule has 3 rings (SSSR count). The first-order valence-electron chi connectivity index (χ1n) is 11.1. The summed E-state index contributed by atoms with van der Waals surface area (Å²) in [4.78, 5) is 0. The second kappa shape index (κ2) is 12.1. The third kappa shape index (κ3) is 7.36. The van der Waals surface area contributed by atoms with Crippen molar-refractivity contribution in [2.45, 2.75) is 44.5 Å². The summed E-state index contributed by atoms with van der Waals surface area (Å²) in [6, 6.07) is 14.1. The fourth-order valence-corrected chi connectivity index (χ4v) is 4.66. The molecule has 0 spiro atoms. The standard InChI is InChI=1S/C24H34NO7P/c1-17-4-7-19(24-15-21(27)14-23(16-26)32-24)13-20(17)12-18-5-8-22(9-6-18)31-11-10-25-33(28,29-2)30-3/h4-9,13,21,23-24,26-27H,10-12,14-16H2,1-3H3,(H,25,28). The maximum absolute atomic E-state index is 11.9. The van der Waals surface area contributed by atoms with Gasteiger partial charge in [0, 0.05) is 33.6 Å². The topological polar surface area (TPSA) is 106 Å². The van der Waals surface area contributed by atoms with Gasteiger partial charge in [-0.15, -0.1) is 0 Å². The van der Waals surface area contributed by atoms with Crippen LogP contribution in [0.1, 0.15) is 41.2 Å². The molecule has 33 heavy (non-hydrogen) atoms. The molecule has 0 aromatic heterocycles. The lowest BCUT2D eigenvalue weighted by Gasteiger charge is -2.32. The zero-order chi connectivity index (χ0) is 23.8. The van der Waals surface area contributed by atoms with Gasteiger partial charge in [-0.3, -0.25) is 0 Å². The van der Waals surface area contributed by atoms with Crippen LogP contribution in [0.3, 0.4) is 0 Å². The Labute approximate surface area is 195 Å². The summed E-state index contributed by atoms with van der Waals surface area (Å²) in [6.07, 6.45) is 0.733. The largest absolute Gasteiger partial charge is 0.492 e. The number of ether oxygens (including phenoxy) is 2. The first kappa shape index (κ1) is 25.8. The quantitative estimate of drug-likeness (QED) is 0.332. The highest BCUT2D eigenvalue weighted by Gasteiger charge is 2.29. The molecule has 2 aromatic rings. The van der Waals surface area contributed by atoms with Crippen LogP contribution in [0.4, 0.5) is 0 Å². The molecule has 1 fully saturated rings. The van der Waals surface area contributed by atoms with Crippen LogP contribution >= 0.6 is 7.75 Å². The molecule has 3 N–H and O–H groups in total. The SMILES string of the molecule is COP(=O)(NCCOc1ccc(Cc2cc(C3CC(O)CC(CO)O3)ccc2C)cc1)OC. The van der Waals surface area contributed by atoms with E-state index in [1.54, 1.807) is 0 Å². The molecule has 3 atom stereocenters. The number of nitrogens with one attached hydrogen (secondary N) is 1. The summed E-state index contributed by atoms with van der Waals surface area (Å²) in [7, 11) is -0.593. The van der Waals surface area contributed by atoms with Crippen LogP contribution in [-0.2, 0) is 24.8 Å². The number of rotatable bonds is 11. The molecule has 9 heteroatoms. The van der Waals surface area contributed by atoms with Gasteiger partial charge in [-0.25, -0.2) is 9.65 Å². The highest BCUT2D eigenvalue weighted by atomic mass is 31.2. The van der Waals surface area contributed by atoms with Gasteiger partial charge in [0.1, 0.15) is 12.4 Å². The predicted molar refractivity (Wildman–Crippen MR) is 125 cm³/mol. The van der Waals surface area contributed by atoms with Gasteiger partial charge in [-0.05, 0) is 47.7 Å². The van der Waals surface area contributed by atoms with Crippen molar-refractivity contribution in [3.8, 4) is 5.75 Å². The van der Waals surface area contributed by atoms with E-state index in [4.69, 9.17) is 18.5 Å². The fraction of sp³-hybridized carbons (Fsp3) is 0.500. The van der Waals surface area contributed by atoms with E-state index in [1.165, 1.54) is 25.3 Å². The molecule has 1 saturated heterocycles. The molecule has 0 aliphatic carbocycles. The lowest BCUT2D eigenvalue weighted by molar-refractivity contribution is -0.113. The van der Waals surface area contributed by atoms with Crippen molar-refractivity contribution in [2.24, 2.45) is 0 Å². The monoisotopic (exact) mass is 479 g/mol. The summed E-state index contributed by atoms with van der Waals surface area (Å²) in [5, 5.41) is 22.3. The van der Waals surface area contributed by atoms with Gasteiger partial charge in [0.25, 0.3) is 0 Å². The highest BCUT2D eigenvalue weighted by molar-refractivity contribution is 7.51. The van der Waals surface area contributed by atoms with Crippen LogP contribution in [0, 0.1) is 6.92 Å². The lowest BCUT2D eigenvalue weighted by Crippen LogP contribution is -2.33. The number of aliphatic hydroxyl groups is 2. The fourth-order valence-electron chi connectivity index (χ4n) is 3.88. The van der Waals surface area contributed by atoms with E-state index in [9.17, 15) is 14.8 Å². The van der Waals surface area contributed by atoms with Crippen molar-refractivity contribution < 1.29 is 33.3 Å². The van der Waals surface area contributed by atoms with Crippen LogP contribution in [-0.4, -0.2) is 56.4 Å². The van der Waals surface area contributed by atoms with Gasteiger partial charge in [0.2, 0.25) is 0 Å². The average Bonchev–Trinajstić information content (AvgIpc) is 2.83. The van der Waals surface area contributed by atoms with Crippen molar-refractivity contribution >= 4 is 7.75 Å².